The quantitative estimate of drug-likeness (QED) is 0.273. The molecule has 0 unspecified atom stereocenters. The molecule has 0 aliphatic heterocycles. The molecule has 1 heterocycles. The van der Waals surface area contributed by atoms with Crippen molar-refractivity contribution in [3.63, 3.8) is 0 Å². The predicted octanol–water partition coefficient (Wildman–Crippen LogP) is 7.16. The highest BCUT2D eigenvalue weighted by atomic mass is 79.9. The summed E-state index contributed by atoms with van der Waals surface area (Å²) >= 11 is 22.4. The number of hydrogen-bond acceptors (Lipinski definition) is 4. The molecule has 0 aliphatic carbocycles. The highest BCUT2D eigenvalue weighted by Crippen LogP contribution is 2.36. The molecule has 4 rings (SSSR count). The molecule has 0 radical (unpaired) electrons. The zero-order valence-electron chi connectivity index (χ0n) is 15.1. The van der Waals surface area contributed by atoms with Crippen LogP contribution in [0, 0.1) is 0 Å². The highest BCUT2D eigenvalue weighted by molar-refractivity contribution is 9.10. The Morgan fingerprint density at radius 1 is 1.07 bits per heavy atom. The van der Waals surface area contributed by atoms with Crippen molar-refractivity contribution in [2.75, 3.05) is 5.32 Å². The average Bonchev–Trinajstić information content (AvgIpc) is 3.13. The Morgan fingerprint density at radius 2 is 1.87 bits per heavy atom. The Hall–Kier alpha value is -2.03. The van der Waals surface area contributed by atoms with E-state index in [-0.39, 0.29) is 15.7 Å². The molecule has 3 aromatic carbocycles. The summed E-state index contributed by atoms with van der Waals surface area (Å²) in [6.07, 6.45) is 0. The molecule has 1 aromatic heterocycles. The number of nitrogens with one attached hydrogen (secondary N) is 2. The van der Waals surface area contributed by atoms with Crippen molar-refractivity contribution in [1.29, 1.82) is 0 Å². The van der Waals surface area contributed by atoms with Crippen molar-refractivity contribution in [2.24, 2.45) is 0 Å². The first-order valence-electron chi connectivity index (χ1n) is 8.63. The smallest absolute Gasteiger partial charge is 0.258 e. The largest absolute Gasteiger partial charge is 0.332 e. The van der Waals surface area contributed by atoms with Gasteiger partial charge in [0.1, 0.15) is 5.01 Å². The van der Waals surface area contributed by atoms with Gasteiger partial charge in [-0.3, -0.25) is 10.1 Å². The molecule has 0 aliphatic rings. The van der Waals surface area contributed by atoms with Crippen molar-refractivity contribution in [3.8, 4) is 10.6 Å². The normalized spacial score (nSPS) is 10.8. The third-order valence-electron chi connectivity index (χ3n) is 4.16. The number of amides is 1. The van der Waals surface area contributed by atoms with Gasteiger partial charge < -0.3 is 5.32 Å². The predicted molar refractivity (Wildman–Crippen MR) is 133 cm³/mol. The molecule has 30 heavy (non-hydrogen) atoms. The summed E-state index contributed by atoms with van der Waals surface area (Å²) in [6.45, 7) is 0. The first-order valence-corrected chi connectivity index (χ1v) is 11.4. The van der Waals surface area contributed by atoms with Crippen molar-refractivity contribution >= 4 is 89.6 Å². The van der Waals surface area contributed by atoms with E-state index in [0.717, 1.165) is 30.9 Å². The molecule has 2 N–H and O–H groups in total. The number of thiocarbonyl (C=S) groups is 1. The van der Waals surface area contributed by atoms with E-state index < -0.39 is 5.91 Å². The van der Waals surface area contributed by atoms with Gasteiger partial charge in [0.2, 0.25) is 0 Å². The minimum Gasteiger partial charge on any atom is -0.332 e. The number of carbonyl (C=O) groups is 1. The second-order valence-corrected chi connectivity index (χ2v) is 9.41. The van der Waals surface area contributed by atoms with Crippen LogP contribution in [0.25, 0.3) is 20.8 Å². The maximum atomic E-state index is 12.5. The summed E-state index contributed by atoms with van der Waals surface area (Å²) in [6, 6.07) is 18.3. The molecular weight excluding hydrogens is 525 g/mol. The van der Waals surface area contributed by atoms with Crippen LogP contribution in [0.2, 0.25) is 10.0 Å². The summed E-state index contributed by atoms with van der Waals surface area (Å²) in [5.74, 6) is -0.423. The third-order valence-corrected chi connectivity index (χ3v) is 6.47. The Labute approximate surface area is 200 Å². The van der Waals surface area contributed by atoms with Crippen LogP contribution < -0.4 is 10.6 Å². The summed E-state index contributed by atoms with van der Waals surface area (Å²) in [7, 11) is 0. The number of nitrogens with zero attached hydrogens (tertiary/aromatic N) is 1. The molecule has 4 aromatic rings. The standard InChI is InChI=1S/C21H12BrCl2N3OS2/c22-11-5-8-16(14(9-11)20-25-17-3-1-2-4-18(17)30-20)26-21(29)27-19(28)13-7-6-12(23)10-15(13)24/h1-10H,(H2,26,27,28,29). The monoisotopic (exact) mass is 535 g/mol. The van der Waals surface area contributed by atoms with Crippen LogP contribution >= 0.6 is 62.7 Å². The van der Waals surface area contributed by atoms with Gasteiger partial charge in [-0.2, -0.15) is 0 Å². The van der Waals surface area contributed by atoms with Gasteiger partial charge in [-0.1, -0.05) is 51.3 Å². The summed E-state index contributed by atoms with van der Waals surface area (Å²) in [5, 5.41) is 7.43. The molecule has 150 valence electrons. The number of carbonyl (C=O) groups excluding carboxylic acids is 1. The van der Waals surface area contributed by atoms with Crippen LogP contribution in [-0.4, -0.2) is 16.0 Å². The van der Waals surface area contributed by atoms with E-state index in [4.69, 9.17) is 40.4 Å². The van der Waals surface area contributed by atoms with Crippen LogP contribution in [0.3, 0.4) is 0 Å². The summed E-state index contributed by atoms with van der Waals surface area (Å²) in [4.78, 5) is 17.2. The number of benzene rings is 3. The number of halogens is 3. The van der Waals surface area contributed by atoms with E-state index in [1.807, 2.05) is 42.5 Å². The molecule has 0 spiro atoms. The Morgan fingerprint density at radius 3 is 2.63 bits per heavy atom. The minimum atomic E-state index is -0.423. The number of para-hydroxylation sites is 1. The van der Waals surface area contributed by atoms with Crippen molar-refractivity contribution in [3.05, 3.63) is 80.7 Å². The zero-order valence-corrected chi connectivity index (χ0v) is 19.8. The summed E-state index contributed by atoms with van der Waals surface area (Å²) in [5.41, 5.74) is 2.81. The number of hydrogen-bond donors (Lipinski definition) is 2. The lowest BCUT2D eigenvalue weighted by Crippen LogP contribution is -2.34. The lowest BCUT2D eigenvalue weighted by molar-refractivity contribution is 0.0978. The van der Waals surface area contributed by atoms with E-state index in [0.29, 0.717) is 5.02 Å². The first-order chi connectivity index (χ1) is 14.4. The van der Waals surface area contributed by atoms with Crippen LogP contribution in [0.5, 0.6) is 0 Å². The van der Waals surface area contributed by atoms with E-state index in [2.05, 4.69) is 26.6 Å². The van der Waals surface area contributed by atoms with E-state index in [9.17, 15) is 4.79 Å². The van der Waals surface area contributed by atoms with Gasteiger partial charge in [-0.25, -0.2) is 4.98 Å². The van der Waals surface area contributed by atoms with Gasteiger partial charge in [0, 0.05) is 15.1 Å². The summed E-state index contributed by atoms with van der Waals surface area (Å²) < 4.78 is 2.00. The molecule has 0 fully saturated rings. The fourth-order valence-corrected chi connectivity index (χ4v) is 4.84. The van der Waals surface area contributed by atoms with Gasteiger partial charge in [0.15, 0.2) is 5.11 Å². The minimum absolute atomic E-state index is 0.149. The fourth-order valence-electron chi connectivity index (χ4n) is 2.79. The average molecular weight is 537 g/mol. The third kappa shape index (κ3) is 4.66. The highest BCUT2D eigenvalue weighted by Gasteiger charge is 2.15. The zero-order chi connectivity index (χ0) is 21.3. The number of rotatable bonds is 3. The molecule has 0 atom stereocenters. The van der Waals surface area contributed by atoms with Gasteiger partial charge in [-0.05, 0) is 60.7 Å². The topological polar surface area (TPSA) is 54.0 Å². The second kappa shape index (κ2) is 8.99. The van der Waals surface area contributed by atoms with Crippen LogP contribution in [0.4, 0.5) is 5.69 Å². The van der Waals surface area contributed by atoms with Gasteiger partial charge >= 0.3 is 0 Å². The molecular formula is C21H12BrCl2N3OS2. The molecule has 0 saturated carbocycles. The Kier molecular flexibility index (Phi) is 6.36. The Balaban J connectivity index is 1.58. The van der Waals surface area contributed by atoms with E-state index >= 15 is 0 Å². The van der Waals surface area contributed by atoms with E-state index in [1.54, 1.807) is 23.5 Å². The van der Waals surface area contributed by atoms with Gasteiger partial charge in [-0.15, -0.1) is 11.3 Å². The lowest BCUT2D eigenvalue weighted by Gasteiger charge is -2.13. The fraction of sp³-hybridized carbons (Fsp3) is 0. The number of thiazole rings is 1. The van der Waals surface area contributed by atoms with Gasteiger partial charge in [0.05, 0.1) is 26.5 Å². The van der Waals surface area contributed by atoms with Crippen LogP contribution in [0.15, 0.2) is 65.1 Å². The Bertz CT molecular complexity index is 1260. The maximum Gasteiger partial charge on any atom is 0.258 e. The van der Waals surface area contributed by atoms with Crippen LogP contribution in [0.1, 0.15) is 10.4 Å². The maximum absolute atomic E-state index is 12.5. The number of anilines is 1. The van der Waals surface area contributed by atoms with Crippen LogP contribution in [-0.2, 0) is 0 Å². The number of aromatic nitrogens is 1. The van der Waals surface area contributed by atoms with Gasteiger partial charge in [0.25, 0.3) is 5.91 Å². The van der Waals surface area contributed by atoms with Crippen molar-refractivity contribution < 1.29 is 4.79 Å². The lowest BCUT2D eigenvalue weighted by atomic mass is 10.2. The first kappa shape index (κ1) is 21.2. The SMILES string of the molecule is O=C(NC(=S)Nc1ccc(Br)cc1-c1nc2ccccc2s1)c1ccc(Cl)cc1Cl. The second-order valence-electron chi connectivity index (χ2n) is 6.21. The number of fused-ring (bicyclic) bond motifs is 1. The molecule has 0 saturated heterocycles. The molecule has 0 bridgehead atoms. The molecule has 4 nitrogen and oxygen atoms in total. The van der Waals surface area contributed by atoms with Crippen molar-refractivity contribution in [1.82, 2.24) is 10.3 Å². The molecule has 1 amide bonds. The van der Waals surface area contributed by atoms with E-state index in [1.165, 1.54) is 6.07 Å². The molecule has 9 heteroatoms. The van der Waals surface area contributed by atoms with Crippen molar-refractivity contribution in [2.45, 2.75) is 0 Å².